The Kier molecular flexibility index (Phi) is 6.80. The molecule has 3 rings (SSSR count). The zero-order valence-corrected chi connectivity index (χ0v) is 18.5. The molecule has 1 fully saturated rings. The van der Waals surface area contributed by atoms with Gasteiger partial charge in [-0.2, -0.15) is 4.98 Å². The average molecular weight is 425 g/mol. The first-order chi connectivity index (χ1) is 14.8. The second-order valence-electron chi connectivity index (χ2n) is 8.42. The molecule has 8 heteroatoms. The van der Waals surface area contributed by atoms with E-state index in [-0.39, 0.29) is 17.8 Å². The van der Waals surface area contributed by atoms with Gasteiger partial charge in [-0.1, -0.05) is 49.8 Å². The fraction of sp³-hybridized carbons (Fsp3) is 0.435. The molecule has 1 unspecified atom stereocenters. The summed E-state index contributed by atoms with van der Waals surface area (Å²) >= 11 is 0. The van der Waals surface area contributed by atoms with Crippen LogP contribution in [-0.4, -0.2) is 40.7 Å². The van der Waals surface area contributed by atoms with E-state index in [9.17, 15) is 5.11 Å². The molecule has 1 aliphatic rings. The van der Waals surface area contributed by atoms with E-state index in [1.54, 1.807) is 6.21 Å². The number of benzene rings is 1. The Bertz CT molecular complexity index is 955. The maximum atomic E-state index is 9.75. The molecule has 8 nitrogen and oxygen atoms in total. The second-order valence-corrected chi connectivity index (χ2v) is 8.42. The van der Waals surface area contributed by atoms with Crippen molar-refractivity contribution in [3.63, 3.8) is 0 Å². The van der Waals surface area contributed by atoms with E-state index in [1.807, 2.05) is 17.0 Å². The molecule has 5 N–H and O–H groups in total. The number of allylic oxidation sites excluding steroid dienone is 1. The van der Waals surface area contributed by atoms with Crippen molar-refractivity contribution in [2.45, 2.75) is 45.1 Å². The number of rotatable bonds is 7. The van der Waals surface area contributed by atoms with Crippen molar-refractivity contribution in [3.05, 3.63) is 59.8 Å². The summed E-state index contributed by atoms with van der Waals surface area (Å²) < 4.78 is 5.61. The quantitative estimate of drug-likeness (QED) is 0.583. The van der Waals surface area contributed by atoms with E-state index in [2.05, 4.69) is 49.6 Å². The topological polar surface area (TPSA) is 127 Å². The normalized spacial score (nSPS) is 18.0. The van der Waals surface area contributed by atoms with Crippen LogP contribution in [0.5, 0.6) is 0 Å². The van der Waals surface area contributed by atoms with Crippen LogP contribution in [-0.2, 0) is 5.41 Å². The fourth-order valence-electron chi connectivity index (χ4n) is 3.71. The van der Waals surface area contributed by atoms with Gasteiger partial charge in [-0.3, -0.25) is 0 Å². The van der Waals surface area contributed by atoms with Crippen molar-refractivity contribution >= 4 is 17.8 Å². The number of aliphatic hydroxyl groups is 1. The molecule has 1 aromatic carbocycles. The number of aliphatic hydroxyl groups excluding tert-OH is 1. The van der Waals surface area contributed by atoms with E-state index in [1.165, 1.54) is 6.20 Å². The molecule has 0 radical (unpaired) electrons. The zero-order valence-electron chi connectivity index (χ0n) is 18.5. The SMILES string of the molecule is C=C(N)/N=C\C(=C/N)c1ccc(C(C)(c2noc(N3CCC(O)CC3)n2)C(C)C)cc1. The van der Waals surface area contributed by atoms with Crippen LogP contribution in [0.3, 0.4) is 0 Å². The lowest BCUT2D eigenvalue weighted by atomic mass is 9.72. The molecule has 0 aliphatic carbocycles. The van der Waals surface area contributed by atoms with Crippen LogP contribution in [0.4, 0.5) is 6.01 Å². The van der Waals surface area contributed by atoms with Crippen molar-refractivity contribution in [1.29, 1.82) is 0 Å². The molecule has 1 atom stereocenters. The summed E-state index contributed by atoms with van der Waals surface area (Å²) in [6, 6.07) is 8.60. The summed E-state index contributed by atoms with van der Waals surface area (Å²) in [6.45, 7) is 11.4. The summed E-state index contributed by atoms with van der Waals surface area (Å²) in [7, 11) is 0. The Morgan fingerprint density at radius 2 is 1.97 bits per heavy atom. The minimum absolute atomic E-state index is 0.221. The maximum absolute atomic E-state index is 9.75. The highest BCUT2D eigenvalue weighted by atomic mass is 16.5. The average Bonchev–Trinajstić information content (AvgIpc) is 3.25. The van der Waals surface area contributed by atoms with Gasteiger partial charge in [0.1, 0.15) is 5.82 Å². The molecule has 166 valence electrons. The summed E-state index contributed by atoms with van der Waals surface area (Å²) in [5.41, 5.74) is 13.6. The highest BCUT2D eigenvalue weighted by Gasteiger charge is 2.38. The molecule has 1 aliphatic heterocycles. The molecule has 31 heavy (non-hydrogen) atoms. The third-order valence-electron chi connectivity index (χ3n) is 6.14. The van der Waals surface area contributed by atoms with Crippen LogP contribution in [0.1, 0.15) is 50.6 Å². The lowest BCUT2D eigenvalue weighted by Crippen LogP contribution is -2.36. The summed E-state index contributed by atoms with van der Waals surface area (Å²) in [5, 5.41) is 14.1. The molecule has 2 heterocycles. The van der Waals surface area contributed by atoms with Gasteiger partial charge in [0, 0.05) is 31.1 Å². The molecule has 0 amide bonds. The summed E-state index contributed by atoms with van der Waals surface area (Å²) in [5.74, 6) is 1.09. The van der Waals surface area contributed by atoms with E-state index in [0.717, 1.165) is 16.7 Å². The lowest BCUT2D eigenvalue weighted by molar-refractivity contribution is 0.143. The summed E-state index contributed by atoms with van der Waals surface area (Å²) in [4.78, 5) is 10.8. The van der Waals surface area contributed by atoms with Crippen molar-refractivity contribution < 1.29 is 9.63 Å². The van der Waals surface area contributed by atoms with Gasteiger partial charge in [-0.25, -0.2) is 4.99 Å². The predicted octanol–water partition coefficient (Wildman–Crippen LogP) is 2.79. The predicted molar refractivity (Wildman–Crippen MR) is 123 cm³/mol. The lowest BCUT2D eigenvalue weighted by Gasteiger charge is -2.31. The number of anilines is 1. The Balaban J connectivity index is 1.88. The van der Waals surface area contributed by atoms with Gasteiger partial charge in [-0.05, 0) is 36.8 Å². The molecular formula is C23H32N6O2. The van der Waals surface area contributed by atoms with Crippen LogP contribution in [0.2, 0.25) is 0 Å². The fourth-order valence-corrected chi connectivity index (χ4v) is 3.71. The Hall–Kier alpha value is -3.13. The van der Waals surface area contributed by atoms with Gasteiger partial charge in [0.05, 0.1) is 11.5 Å². The number of aliphatic imine (C=N–C) groups is 1. The second kappa shape index (κ2) is 9.34. The Morgan fingerprint density at radius 1 is 1.32 bits per heavy atom. The number of nitrogens with two attached hydrogens (primary N) is 2. The van der Waals surface area contributed by atoms with Crippen LogP contribution in [0, 0.1) is 5.92 Å². The monoisotopic (exact) mass is 424 g/mol. The van der Waals surface area contributed by atoms with Crippen LogP contribution < -0.4 is 16.4 Å². The van der Waals surface area contributed by atoms with Crippen molar-refractivity contribution in [1.82, 2.24) is 10.1 Å². The molecule has 0 bridgehead atoms. The van der Waals surface area contributed by atoms with E-state index >= 15 is 0 Å². The third-order valence-corrected chi connectivity index (χ3v) is 6.14. The first kappa shape index (κ1) is 22.6. The molecule has 0 saturated carbocycles. The zero-order chi connectivity index (χ0) is 22.6. The van der Waals surface area contributed by atoms with Gasteiger partial charge >= 0.3 is 6.01 Å². The Morgan fingerprint density at radius 3 is 2.52 bits per heavy atom. The standard InChI is InChI=1S/C23H32N6O2/c1-15(2)23(4,21-27-22(31-28-21)29-11-9-20(30)10-12-29)19-7-5-17(6-8-19)18(13-24)14-26-16(3)25/h5-8,13-15,20,30H,3,9-12,24-25H2,1-2,4H3/b18-13+,26-14-. The van der Waals surface area contributed by atoms with E-state index in [0.29, 0.717) is 37.8 Å². The number of aromatic nitrogens is 2. The van der Waals surface area contributed by atoms with Crippen molar-refractivity contribution in [2.24, 2.45) is 22.4 Å². The first-order valence-corrected chi connectivity index (χ1v) is 10.5. The highest BCUT2D eigenvalue weighted by Crippen LogP contribution is 2.38. The molecule has 2 aromatic rings. The number of hydrogen-bond donors (Lipinski definition) is 3. The third kappa shape index (κ3) is 4.80. The minimum Gasteiger partial charge on any atom is -0.404 e. The van der Waals surface area contributed by atoms with Crippen molar-refractivity contribution in [2.75, 3.05) is 18.0 Å². The Labute approximate surface area is 183 Å². The molecule has 1 aromatic heterocycles. The highest BCUT2D eigenvalue weighted by molar-refractivity contribution is 6.09. The number of hydrogen-bond acceptors (Lipinski definition) is 8. The molecular weight excluding hydrogens is 392 g/mol. The van der Waals surface area contributed by atoms with Crippen LogP contribution in [0.15, 0.2) is 52.4 Å². The molecule has 1 saturated heterocycles. The number of piperidine rings is 1. The van der Waals surface area contributed by atoms with Gasteiger partial charge in [0.15, 0.2) is 5.82 Å². The smallest absolute Gasteiger partial charge is 0.324 e. The largest absolute Gasteiger partial charge is 0.404 e. The van der Waals surface area contributed by atoms with Crippen molar-refractivity contribution in [3.8, 4) is 0 Å². The minimum atomic E-state index is -0.443. The molecule has 0 spiro atoms. The first-order valence-electron chi connectivity index (χ1n) is 10.5. The van der Waals surface area contributed by atoms with Crippen LogP contribution in [0.25, 0.3) is 5.57 Å². The van der Waals surface area contributed by atoms with E-state index < -0.39 is 5.41 Å². The number of nitrogens with zero attached hydrogens (tertiary/aromatic N) is 4. The van der Waals surface area contributed by atoms with Gasteiger partial charge in [0.25, 0.3) is 0 Å². The maximum Gasteiger partial charge on any atom is 0.324 e. The van der Waals surface area contributed by atoms with Gasteiger partial charge in [-0.15, -0.1) is 0 Å². The summed E-state index contributed by atoms with van der Waals surface area (Å²) in [6.07, 6.45) is 4.25. The van der Waals surface area contributed by atoms with Gasteiger partial charge < -0.3 is 26.0 Å². The van der Waals surface area contributed by atoms with Crippen LogP contribution >= 0.6 is 0 Å². The van der Waals surface area contributed by atoms with Gasteiger partial charge in [0.2, 0.25) is 0 Å². The van der Waals surface area contributed by atoms with E-state index in [4.69, 9.17) is 21.0 Å².